The molecule has 0 aliphatic rings. The van der Waals surface area contributed by atoms with Crippen LogP contribution < -0.4 is 10.6 Å². The largest absolute Gasteiger partial charge is 0.368 e. The van der Waals surface area contributed by atoms with E-state index in [0.29, 0.717) is 5.56 Å². The first-order chi connectivity index (χ1) is 7.95. The van der Waals surface area contributed by atoms with Crippen LogP contribution >= 0.6 is 0 Å². The summed E-state index contributed by atoms with van der Waals surface area (Å²) in [5.41, 5.74) is 7.57. The van der Waals surface area contributed by atoms with Gasteiger partial charge in [0.15, 0.2) is 6.29 Å². The SMILES string of the molecule is Cc1ccc(N(CC(N)=O)C(C)C)c(C=O)c1. The lowest BCUT2D eigenvalue weighted by atomic mass is 10.1. The van der Waals surface area contributed by atoms with Gasteiger partial charge in [-0.25, -0.2) is 0 Å². The second-order valence-corrected chi connectivity index (χ2v) is 4.37. The molecule has 0 aromatic heterocycles. The van der Waals surface area contributed by atoms with E-state index in [1.165, 1.54) is 0 Å². The minimum Gasteiger partial charge on any atom is -0.368 e. The van der Waals surface area contributed by atoms with Crippen LogP contribution in [-0.2, 0) is 4.79 Å². The molecule has 0 heterocycles. The summed E-state index contributed by atoms with van der Waals surface area (Å²) in [4.78, 5) is 23.9. The summed E-state index contributed by atoms with van der Waals surface area (Å²) in [5, 5.41) is 0. The number of hydrogen-bond acceptors (Lipinski definition) is 3. The van der Waals surface area contributed by atoms with Crippen molar-refractivity contribution in [2.24, 2.45) is 5.73 Å². The predicted molar refractivity (Wildman–Crippen MR) is 68.2 cm³/mol. The van der Waals surface area contributed by atoms with Crippen LogP contribution in [0, 0.1) is 6.92 Å². The summed E-state index contributed by atoms with van der Waals surface area (Å²) in [6.07, 6.45) is 0.804. The number of benzene rings is 1. The van der Waals surface area contributed by atoms with E-state index >= 15 is 0 Å². The third kappa shape index (κ3) is 3.31. The lowest BCUT2D eigenvalue weighted by molar-refractivity contribution is -0.116. The number of aryl methyl sites for hydroxylation is 1. The minimum absolute atomic E-state index is 0.101. The van der Waals surface area contributed by atoms with E-state index in [1.807, 2.05) is 37.8 Å². The number of hydrogen-bond donors (Lipinski definition) is 1. The Hall–Kier alpha value is -1.84. The molecular weight excluding hydrogens is 216 g/mol. The van der Waals surface area contributed by atoms with Crippen LogP contribution in [0.1, 0.15) is 29.8 Å². The molecule has 2 N–H and O–H groups in total. The number of carbonyl (C=O) groups excluding carboxylic acids is 2. The first kappa shape index (κ1) is 13.2. The quantitative estimate of drug-likeness (QED) is 0.785. The minimum atomic E-state index is -0.406. The topological polar surface area (TPSA) is 63.4 Å². The van der Waals surface area contributed by atoms with E-state index in [4.69, 9.17) is 5.73 Å². The van der Waals surface area contributed by atoms with Gasteiger partial charge in [-0.1, -0.05) is 11.6 Å². The van der Waals surface area contributed by atoms with Gasteiger partial charge in [-0.15, -0.1) is 0 Å². The van der Waals surface area contributed by atoms with Crippen molar-refractivity contribution >= 4 is 17.9 Å². The Morgan fingerprint density at radius 2 is 2.12 bits per heavy atom. The van der Waals surface area contributed by atoms with Gasteiger partial charge < -0.3 is 10.6 Å². The summed E-state index contributed by atoms with van der Waals surface area (Å²) < 4.78 is 0. The maximum Gasteiger partial charge on any atom is 0.236 e. The Labute approximate surface area is 101 Å². The van der Waals surface area contributed by atoms with Crippen LogP contribution in [0.3, 0.4) is 0 Å². The number of nitrogens with zero attached hydrogens (tertiary/aromatic N) is 1. The van der Waals surface area contributed by atoms with Crippen molar-refractivity contribution in [3.05, 3.63) is 29.3 Å². The average molecular weight is 234 g/mol. The zero-order chi connectivity index (χ0) is 13.0. The molecule has 17 heavy (non-hydrogen) atoms. The van der Waals surface area contributed by atoms with E-state index in [9.17, 15) is 9.59 Å². The first-order valence-electron chi connectivity index (χ1n) is 5.56. The molecule has 0 aliphatic heterocycles. The van der Waals surface area contributed by atoms with Crippen LogP contribution in [0.2, 0.25) is 0 Å². The zero-order valence-electron chi connectivity index (χ0n) is 10.4. The Balaban J connectivity index is 3.17. The number of carbonyl (C=O) groups is 2. The molecule has 0 aliphatic carbocycles. The molecule has 0 fully saturated rings. The second-order valence-electron chi connectivity index (χ2n) is 4.37. The number of primary amides is 1. The predicted octanol–water partition coefficient (Wildman–Crippen LogP) is 1.51. The summed E-state index contributed by atoms with van der Waals surface area (Å²) in [7, 11) is 0. The van der Waals surface area contributed by atoms with Gasteiger partial charge in [0, 0.05) is 17.3 Å². The smallest absolute Gasteiger partial charge is 0.236 e. The van der Waals surface area contributed by atoms with E-state index in [1.54, 1.807) is 6.07 Å². The lowest BCUT2D eigenvalue weighted by Gasteiger charge is -2.28. The van der Waals surface area contributed by atoms with Gasteiger partial charge in [0.1, 0.15) is 0 Å². The summed E-state index contributed by atoms with van der Waals surface area (Å²) >= 11 is 0. The van der Waals surface area contributed by atoms with Crippen molar-refractivity contribution in [3.8, 4) is 0 Å². The Kier molecular flexibility index (Phi) is 4.26. The molecule has 0 radical (unpaired) electrons. The van der Waals surface area contributed by atoms with Gasteiger partial charge in [0.2, 0.25) is 5.91 Å². The van der Waals surface area contributed by atoms with E-state index < -0.39 is 5.91 Å². The molecule has 0 saturated heterocycles. The second kappa shape index (κ2) is 5.48. The fourth-order valence-electron chi connectivity index (χ4n) is 1.74. The summed E-state index contributed by atoms with van der Waals surface area (Å²) in [5.74, 6) is -0.406. The lowest BCUT2D eigenvalue weighted by Crippen LogP contribution is -2.39. The van der Waals surface area contributed by atoms with Crippen LogP contribution in [0.4, 0.5) is 5.69 Å². The highest BCUT2D eigenvalue weighted by Gasteiger charge is 2.16. The van der Waals surface area contributed by atoms with Gasteiger partial charge in [-0.2, -0.15) is 0 Å². The van der Waals surface area contributed by atoms with Crippen LogP contribution in [0.25, 0.3) is 0 Å². The molecule has 92 valence electrons. The Morgan fingerprint density at radius 3 is 2.59 bits per heavy atom. The first-order valence-corrected chi connectivity index (χ1v) is 5.56. The molecule has 4 nitrogen and oxygen atoms in total. The standard InChI is InChI=1S/C13H18N2O2/c1-9(2)15(7-13(14)17)12-5-4-10(3)6-11(12)8-16/h4-6,8-9H,7H2,1-3H3,(H2,14,17). The highest BCUT2D eigenvalue weighted by molar-refractivity contribution is 5.87. The van der Waals surface area contributed by atoms with E-state index in [0.717, 1.165) is 17.5 Å². The molecule has 1 rings (SSSR count). The zero-order valence-corrected chi connectivity index (χ0v) is 10.4. The third-order valence-corrected chi connectivity index (χ3v) is 2.57. The Morgan fingerprint density at radius 1 is 1.47 bits per heavy atom. The highest BCUT2D eigenvalue weighted by atomic mass is 16.1. The maximum atomic E-state index is 11.0. The summed E-state index contributed by atoms with van der Waals surface area (Å²) in [6, 6.07) is 5.67. The van der Waals surface area contributed by atoms with Gasteiger partial charge in [0.05, 0.1) is 6.54 Å². The summed E-state index contributed by atoms with van der Waals surface area (Å²) in [6.45, 7) is 5.95. The fraction of sp³-hybridized carbons (Fsp3) is 0.385. The number of aldehydes is 1. The van der Waals surface area contributed by atoms with Gasteiger partial charge in [0.25, 0.3) is 0 Å². The van der Waals surface area contributed by atoms with Gasteiger partial charge in [-0.05, 0) is 32.9 Å². The Bertz CT molecular complexity index is 427. The number of amides is 1. The maximum absolute atomic E-state index is 11.0. The molecule has 0 saturated carbocycles. The van der Waals surface area contributed by atoms with Crippen molar-refractivity contribution in [2.45, 2.75) is 26.8 Å². The van der Waals surface area contributed by atoms with Crippen LogP contribution in [0.15, 0.2) is 18.2 Å². The molecule has 4 heteroatoms. The van der Waals surface area contributed by atoms with E-state index in [2.05, 4.69) is 0 Å². The van der Waals surface area contributed by atoms with Crippen molar-refractivity contribution in [1.82, 2.24) is 0 Å². The average Bonchev–Trinajstić information content (AvgIpc) is 2.25. The molecule has 0 bridgehead atoms. The molecular formula is C13H18N2O2. The van der Waals surface area contributed by atoms with E-state index in [-0.39, 0.29) is 12.6 Å². The van der Waals surface area contributed by atoms with Crippen LogP contribution in [0.5, 0.6) is 0 Å². The van der Waals surface area contributed by atoms with Crippen LogP contribution in [-0.4, -0.2) is 24.8 Å². The van der Waals surface area contributed by atoms with Gasteiger partial charge >= 0.3 is 0 Å². The van der Waals surface area contributed by atoms with Crippen molar-refractivity contribution in [2.75, 3.05) is 11.4 Å². The molecule has 1 aromatic carbocycles. The molecule has 1 aromatic rings. The van der Waals surface area contributed by atoms with Crippen molar-refractivity contribution in [1.29, 1.82) is 0 Å². The van der Waals surface area contributed by atoms with Gasteiger partial charge in [-0.3, -0.25) is 9.59 Å². The fourth-order valence-corrected chi connectivity index (χ4v) is 1.74. The molecule has 0 unspecified atom stereocenters. The molecule has 0 atom stereocenters. The van der Waals surface area contributed by atoms with Crippen molar-refractivity contribution in [3.63, 3.8) is 0 Å². The third-order valence-electron chi connectivity index (χ3n) is 2.57. The highest BCUT2D eigenvalue weighted by Crippen LogP contribution is 2.22. The molecule has 0 spiro atoms. The number of anilines is 1. The number of rotatable bonds is 5. The normalized spacial score (nSPS) is 10.4. The van der Waals surface area contributed by atoms with Crippen molar-refractivity contribution < 1.29 is 9.59 Å². The molecule has 1 amide bonds. The number of nitrogens with two attached hydrogens (primary N) is 1. The monoisotopic (exact) mass is 234 g/mol.